The van der Waals surface area contributed by atoms with Gasteiger partial charge >= 0.3 is 0 Å². The molecule has 0 N–H and O–H groups in total. The van der Waals surface area contributed by atoms with Crippen LogP contribution >= 0.6 is 0 Å². The van der Waals surface area contributed by atoms with E-state index in [9.17, 15) is 0 Å². The van der Waals surface area contributed by atoms with Crippen LogP contribution < -0.4 is 0 Å². The fourth-order valence-corrected chi connectivity index (χ4v) is 5.23. The highest BCUT2D eigenvalue weighted by Crippen LogP contribution is 2.58. The molecule has 2 bridgehead atoms. The molecule has 3 aliphatic carbocycles. The third-order valence-corrected chi connectivity index (χ3v) is 5.89. The summed E-state index contributed by atoms with van der Waals surface area (Å²) in [7, 11) is 8.86. The van der Waals surface area contributed by atoms with E-state index in [0.29, 0.717) is 23.7 Å². The summed E-state index contributed by atoms with van der Waals surface area (Å²) in [4.78, 5) is 4.75. The normalized spacial score (nSPS) is 27.4. The van der Waals surface area contributed by atoms with Gasteiger partial charge in [-0.2, -0.15) is 0 Å². The molecule has 24 heavy (non-hydrogen) atoms. The van der Waals surface area contributed by atoms with Crippen molar-refractivity contribution in [3.8, 4) is 0 Å². The van der Waals surface area contributed by atoms with E-state index >= 15 is 0 Å². The Bertz CT molecular complexity index is 625. The lowest BCUT2D eigenvalue weighted by molar-refractivity contribution is 0.146. The van der Waals surface area contributed by atoms with E-state index in [1.807, 2.05) is 0 Å². The van der Waals surface area contributed by atoms with Gasteiger partial charge in [0.15, 0.2) is 0 Å². The Morgan fingerprint density at radius 2 is 0.875 bits per heavy atom. The van der Waals surface area contributed by atoms with Gasteiger partial charge in [0.1, 0.15) is 0 Å². The first-order valence-electron chi connectivity index (χ1n) is 9.05. The summed E-state index contributed by atoms with van der Waals surface area (Å²) in [5, 5.41) is 0. The van der Waals surface area contributed by atoms with Crippen molar-refractivity contribution in [3.05, 3.63) is 70.8 Å². The molecule has 0 saturated heterocycles. The van der Waals surface area contributed by atoms with Crippen molar-refractivity contribution >= 4 is 0 Å². The van der Waals surface area contributed by atoms with Crippen LogP contribution in [0, 0.1) is 11.8 Å². The zero-order chi connectivity index (χ0) is 16.8. The van der Waals surface area contributed by atoms with Crippen molar-refractivity contribution in [1.29, 1.82) is 0 Å². The van der Waals surface area contributed by atoms with Crippen molar-refractivity contribution in [3.63, 3.8) is 0 Å². The van der Waals surface area contributed by atoms with Crippen molar-refractivity contribution in [2.24, 2.45) is 11.8 Å². The summed E-state index contributed by atoms with van der Waals surface area (Å²) in [6.45, 7) is 2.31. The molecule has 2 aromatic rings. The van der Waals surface area contributed by atoms with E-state index in [-0.39, 0.29) is 0 Å². The fourth-order valence-electron chi connectivity index (χ4n) is 5.23. The second-order valence-corrected chi connectivity index (χ2v) is 8.07. The summed E-state index contributed by atoms with van der Waals surface area (Å²) in [6, 6.07) is 18.4. The van der Waals surface area contributed by atoms with Crippen LogP contribution in [-0.4, -0.2) is 51.1 Å². The summed E-state index contributed by atoms with van der Waals surface area (Å²) in [5.41, 5.74) is 6.29. The summed E-state index contributed by atoms with van der Waals surface area (Å²) >= 11 is 0. The highest BCUT2D eigenvalue weighted by atomic mass is 15.1. The number of nitrogens with zero attached hydrogens (tertiary/aromatic N) is 2. The first-order chi connectivity index (χ1) is 11.6. The monoisotopic (exact) mass is 320 g/mol. The number of benzene rings is 2. The van der Waals surface area contributed by atoms with Crippen LogP contribution in [0.5, 0.6) is 0 Å². The third-order valence-electron chi connectivity index (χ3n) is 5.89. The molecule has 3 aliphatic rings. The Morgan fingerprint density at radius 3 is 1.12 bits per heavy atom. The molecule has 2 aromatic carbocycles. The van der Waals surface area contributed by atoms with Crippen LogP contribution in [0.4, 0.5) is 0 Å². The average Bonchev–Trinajstić information content (AvgIpc) is 2.55. The third kappa shape index (κ3) is 2.40. The lowest BCUT2D eigenvalue weighted by atomic mass is 9.54. The zero-order valence-electron chi connectivity index (χ0n) is 15.2. The molecule has 0 amide bonds. The fraction of sp³-hybridized carbons (Fsp3) is 0.455. The number of hydrogen-bond acceptors (Lipinski definition) is 2. The molecular weight excluding hydrogens is 292 g/mol. The Kier molecular flexibility index (Phi) is 3.98. The second kappa shape index (κ2) is 6.02. The topological polar surface area (TPSA) is 6.48 Å². The Hall–Kier alpha value is -1.64. The molecule has 2 nitrogen and oxygen atoms in total. The summed E-state index contributed by atoms with van der Waals surface area (Å²) < 4.78 is 0. The molecule has 0 aromatic heterocycles. The van der Waals surface area contributed by atoms with Crippen molar-refractivity contribution in [2.75, 3.05) is 41.3 Å². The highest BCUT2D eigenvalue weighted by Gasteiger charge is 2.49. The van der Waals surface area contributed by atoms with Gasteiger partial charge in [0.05, 0.1) is 0 Å². The van der Waals surface area contributed by atoms with Gasteiger partial charge < -0.3 is 9.80 Å². The van der Waals surface area contributed by atoms with Gasteiger partial charge in [-0.05, 0) is 62.3 Å². The van der Waals surface area contributed by atoms with Gasteiger partial charge in [-0.3, -0.25) is 0 Å². The maximum absolute atomic E-state index is 2.37. The van der Waals surface area contributed by atoms with E-state index in [0.717, 1.165) is 13.1 Å². The summed E-state index contributed by atoms with van der Waals surface area (Å²) in [6.07, 6.45) is 0. The van der Waals surface area contributed by atoms with Crippen molar-refractivity contribution in [1.82, 2.24) is 9.80 Å². The molecular formula is C22H28N2. The van der Waals surface area contributed by atoms with E-state index in [4.69, 9.17) is 0 Å². The van der Waals surface area contributed by atoms with Crippen molar-refractivity contribution < 1.29 is 0 Å². The number of hydrogen-bond donors (Lipinski definition) is 0. The largest absolute Gasteiger partial charge is 0.309 e. The molecule has 5 rings (SSSR count). The lowest BCUT2D eigenvalue weighted by Crippen LogP contribution is -2.47. The van der Waals surface area contributed by atoms with Gasteiger partial charge in [0.2, 0.25) is 0 Å². The molecule has 0 heterocycles. The molecule has 0 unspecified atom stereocenters. The first kappa shape index (κ1) is 15.9. The quantitative estimate of drug-likeness (QED) is 0.849. The SMILES string of the molecule is CN(C)C[C@@H]1C2c3ccccc3C(c3ccccc32)[C@H]1CN(C)C. The zero-order valence-corrected chi connectivity index (χ0v) is 15.2. The van der Waals surface area contributed by atoms with Crippen LogP contribution in [0.15, 0.2) is 48.5 Å². The van der Waals surface area contributed by atoms with Crippen molar-refractivity contribution in [2.45, 2.75) is 11.8 Å². The molecule has 2 heteroatoms. The van der Waals surface area contributed by atoms with E-state index < -0.39 is 0 Å². The second-order valence-electron chi connectivity index (χ2n) is 8.07. The maximum Gasteiger partial charge on any atom is 0.0139 e. The van der Waals surface area contributed by atoms with Gasteiger partial charge in [-0.1, -0.05) is 48.5 Å². The molecule has 2 atom stereocenters. The van der Waals surface area contributed by atoms with E-state index in [2.05, 4.69) is 86.5 Å². The van der Waals surface area contributed by atoms with Gasteiger partial charge in [0, 0.05) is 24.9 Å². The Labute approximate surface area is 146 Å². The summed E-state index contributed by atoms with van der Waals surface area (Å²) in [5.74, 6) is 2.43. The van der Waals surface area contributed by atoms with Gasteiger partial charge in [0.25, 0.3) is 0 Å². The Morgan fingerprint density at radius 1 is 0.583 bits per heavy atom. The minimum atomic E-state index is 0.537. The van der Waals surface area contributed by atoms with E-state index in [1.54, 1.807) is 22.3 Å². The minimum Gasteiger partial charge on any atom is -0.309 e. The molecule has 126 valence electrons. The smallest absolute Gasteiger partial charge is 0.0139 e. The minimum absolute atomic E-state index is 0.537. The van der Waals surface area contributed by atoms with E-state index in [1.165, 1.54) is 0 Å². The van der Waals surface area contributed by atoms with Crippen LogP contribution in [0.25, 0.3) is 0 Å². The van der Waals surface area contributed by atoms with Gasteiger partial charge in [-0.25, -0.2) is 0 Å². The van der Waals surface area contributed by atoms with Crippen LogP contribution in [-0.2, 0) is 0 Å². The molecule has 0 spiro atoms. The maximum atomic E-state index is 2.37. The standard InChI is InChI=1S/C22H28N2/c1-23(2)13-19-20(14-24(3)4)22-17-11-7-5-9-15(17)21(19)16-10-6-8-12-18(16)22/h5-12,19-22H,13-14H2,1-4H3/t19-,20-,21?,22?/m0/s1. The van der Waals surface area contributed by atoms with Gasteiger partial charge in [-0.15, -0.1) is 0 Å². The van der Waals surface area contributed by atoms with Crippen LogP contribution in [0.1, 0.15) is 34.1 Å². The molecule has 0 aliphatic heterocycles. The lowest BCUT2D eigenvalue weighted by Gasteiger charge is -2.52. The Balaban J connectivity index is 1.91. The predicted molar refractivity (Wildman–Crippen MR) is 101 cm³/mol. The first-order valence-corrected chi connectivity index (χ1v) is 9.05. The van der Waals surface area contributed by atoms with Crippen LogP contribution in [0.2, 0.25) is 0 Å². The highest BCUT2D eigenvalue weighted by molar-refractivity contribution is 5.56. The molecule has 0 fully saturated rings. The molecule has 0 saturated carbocycles. The number of fused-ring (bicyclic) bond motifs is 1. The average molecular weight is 320 g/mol. The van der Waals surface area contributed by atoms with Crippen LogP contribution in [0.3, 0.4) is 0 Å². The molecule has 0 radical (unpaired) electrons. The predicted octanol–water partition coefficient (Wildman–Crippen LogP) is 3.63. The number of rotatable bonds is 4.